The molecule has 1 aliphatic heterocycles. The summed E-state index contributed by atoms with van der Waals surface area (Å²) in [4.78, 5) is 51.5. The second kappa shape index (κ2) is 6.33. The number of imide groups is 1. The Hall–Kier alpha value is -2.77. The van der Waals surface area contributed by atoms with E-state index in [4.69, 9.17) is 9.47 Å². The molecule has 2 rings (SSSR count). The smallest absolute Gasteiger partial charge is 0.303 e. The SMILES string of the molecule is CC(=O)O[C@H]1C(=O)N(Cc2ccncc2)C(=O)[C@@H]1OC(C)=O. The molecule has 1 fully saturated rings. The van der Waals surface area contributed by atoms with Gasteiger partial charge in [0.1, 0.15) is 0 Å². The van der Waals surface area contributed by atoms with Gasteiger partial charge in [-0.1, -0.05) is 0 Å². The number of carbonyl (C=O) groups is 4. The number of esters is 2. The molecule has 8 heteroatoms. The molecule has 116 valence electrons. The summed E-state index contributed by atoms with van der Waals surface area (Å²) in [5, 5.41) is 0. The Labute approximate surface area is 126 Å². The Morgan fingerprint density at radius 2 is 1.50 bits per heavy atom. The van der Waals surface area contributed by atoms with Crippen molar-refractivity contribution in [2.75, 3.05) is 0 Å². The van der Waals surface area contributed by atoms with Crippen molar-refractivity contribution in [1.82, 2.24) is 9.88 Å². The molecule has 0 saturated carbocycles. The van der Waals surface area contributed by atoms with Crippen molar-refractivity contribution in [3.05, 3.63) is 30.1 Å². The Balaban J connectivity index is 2.24. The first kappa shape index (κ1) is 15.6. The summed E-state index contributed by atoms with van der Waals surface area (Å²) < 4.78 is 9.67. The van der Waals surface area contributed by atoms with Crippen molar-refractivity contribution in [1.29, 1.82) is 0 Å². The first-order valence-corrected chi connectivity index (χ1v) is 6.48. The zero-order valence-corrected chi connectivity index (χ0v) is 12.0. The van der Waals surface area contributed by atoms with E-state index in [-0.39, 0.29) is 6.54 Å². The molecule has 0 bridgehead atoms. The third-order valence-corrected chi connectivity index (χ3v) is 2.97. The predicted molar refractivity (Wildman–Crippen MR) is 70.9 cm³/mol. The van der Waals surface area contributed by atoms with Crippen LogP contribution < -0.4 is 0 Å². The molecule has 0 radical (unpaired) electrons. The average Bonchev–Trinajstić information content (AvgIpc) is 2.65. The first-order chi connectivity index (χ1) is 10.4. The molecule has 1 aromatic rings. The monoisotopic (exact) mass is 306 g/mol. The minimum Gasteiger partial charge on any atom is -0.448 e. The molecule has 8 nitrogen and oxygen atoms in total. The number of amides is 2. The summed E-state index contributed by atoms with van der Waals surface area (Å²) in [5.41, 5.74) is 0.668. The number of rotatable bonds is 4. The molecular formula is C14H14N2O6. The normalized spacial score (nSPS) is 20.9. The fourth-order valence-electron chi connectivity index (χ4n) is 2.08. The Morgan fingerprint density at radius 1 is 1.05 bits per heavy atom. The lowest BCUT2D eigenvalue weighted by Gasteiger charge is -2.14. The number of likely N-dealkylation sites (tertiary alicyclic amines) is 1. The van der Waals surface area contributed by atoms with Crippen LogP contribution in [0, 0.1) is 0 Å². The van der Waals surface area contributed by atoms with Crippen molar-refractivity contribution in [3.8, 4) is 0 Å². The standard InChI is InChI=1S/C14H14N2O6/c1-8(17)21-11-12(22-9(2)18)14(20)16(13(11)19)7-10-3-5-15-6-4-10/h3-6,11-12H,7H2,1-2H3/t11-,12-/m1/s1. The summed E-state index contributed by atoms with van der Waals surface area (Å²) in [5.74, 6) is -2.92. The summed E-state index contributed by atoms with van der Waals surface area (Å²) in [6, 6.07) is 3.28. The molecule has 0 aromatic carbocycles. The van der Waals surface area contributed by atoms with Crippen LogP contribution in [0.15, 0.2) is 24.5 Å². The molecule has 0 unspecified atom stereocenters. The van der Waals surface area contributed by atoms with Crippen LogP contribution in [0.1, 0.15) is 19.4 Å². The molecule has 2 heterocycles. The minimum atomic E-state index is -1.45. The van der Waals surface area contributed by atoms with Gasteiger partial charge in [0.05, 0.1) is 6.54 Å². The Kier molecular flexibility index (Phi) is 4.50. The minimum absolute atomic E-state index is 0.0181. The van der Waals surface area contributed by atoms with E-state index in [1.54, 1.807) is 12.1 Å². The van der Waals surface area contributed by atoms with Crippen molar-refractivity contribution in [2.24, 2.45) is 0 Å². The largest absolute Gasteiger partial charge is 0.448 e. The molecule has 1 aliphatic rings. The molecular weight excluding hydrogens is 292 g/mol. The highest BCUT2D eigenvalue weighted by Crippen LogP contribution is 2.22. The van der Waals surface area contributed by atoms with Gasteiger partial charge in [-0.25, -0.2) is 0 Å². The van der Waals surface area contributed by atoms with E-state index in [1.165, 1.54) is 12.4 Å². The summed E-state index contributed by atoms with van der Waals surface area (Å²) in [6.45, 7) is 2.19. The molecule has 1 aromatic heterocycles. The average molecular weight is 306 g/mol. The van der Waals surface area contributed by atoms with Crippen molar-refractivity contribution >= 4 is 23.8 Å². The van der Waals surface area contributed by atoms with Crippen LogP contribution in [0.2, 0.25) is 0 Å². The van der Waals surface area contributed by atoms with Crippen LogP contribution in [-0.4, -0.2) is 45.8 Å². The third kappa shape index (κ3) is 3.27. The maximum absolute atomic E-state index is 12.3. The van der Waals surface area contributed by atoms with Gasteiger partial charge in [-0.2, -0.15) is 0 Å². The van der Waals surface area contributed by atoms with Gasteiger partial charge in [-0.15, -0.1) is 0 Å². The van der Waals surface area contributed by atoms with Crippen LogP contribution in [0.25, 0.3) is 0 Å². The molecule has 0 aliphatic carbocycles. The number of ether oxygens (including phenoxy) is 2. The second-order valence-corrected chi connectivity index (χ2v) is 4.68. The number of pyridine rings is 1. The van der Waals surface area contributed by atoms with Crippen LogP contribution in [0.5, 0.6) is 0 Å². The second-order valence-electron chi connectivity index (χ2n) is 4.68. The highest BCUT2D eigenvalue weighted by atomic mass is 16.6. The highest BCUT2D eigenvalue weighted by Gasteiger charge is 2.52. The van der Waals surface area contributed by atoms with E-state index in [9.17, 15) is 19.2 Å². The van der Waals surface area contributed by atoms with Gasteiger partial charge in [0, 0.05) is 26.2 Å². The maximum atomic E-state index is 12.3. The van der Waals surface area contributed by atoms with Crippen LogP contribution in [0.4, 0.5) is 0 Å². The molecule has 22 heavy (non-hydrogen) atoms. The van der Waals surface area contributed by atoms with E-state index in [0.29, 0.717) is 5.56 Å². The van der Waals surface area contributed by atoms with E-state index >= 15 is 0 Å². The predicted octanol–water partition coefficient (Wildman–Crippen LogP) is -0.186. The number of hydrogen-bond donors (Lipinski definition) is 0. The number of carbonyl (C=O) groups excluding carboxylic acids is 4. The van der Waals surface area contributed by atoms with Gasteiger partial charge in [0.15, 0.2) is 0 Å². The summed E-state index contributed by atoms with van der Waals surface area (Å²) in [7, 11) is 0. The van der Waals surface area contributed by atoms with Crippen LogP contribution in [-0.2, 0) is 35.2 Å². The van der Waals surface area contributed by atoms with E-state index in [1.807, 2.05) is 0 Å². The molecule has 1 saturated heterocycles. The molecule has 0 N–H and O–H groups in total. The summed E-state index contributed by atoms with van der Waals surface area (Å²) in [6.07, 6.45) is 0.146. The van der Waals surface area contributed by atoms with Gasteiger partial charge in [0.25, 0.3) is 11.8 Å². The van der Waals surface area contributed by atoms with Crippen LogP contribution in [0.3, 0.4) is 0 Å². The van der Waals surface area contributed by atoms with Crippen LogP contribution >= 0.6 is 0 Å². The van der Waals surface area contributed by atoms with Crippen molar-refractivity contribution in [3.63, 3.8) is 0 Å². The zero-order chi connectivity index (χ0) is 16.3. The highest BCUT2D eigenvalue weighted by molar-refractivity contribution is 6.09. The van der Waals surface area contributed by atoms with E-state index < -0.39 is 36.0 Å². The van der Waals surface area contributed by atoms with Gasteiger partial charge in [-0.05, 0) is 17.7 Å². The molecule has 2 atom stereocenters. The fourth-order valence-corrected chi connectivity index (χ4v) is 2.08. The van der Waals surface area contributed by atoms with Gasteiger partial charge < -0.3 is 9.47 Å². The van der Waals surface area contributed by atoms with Gasteiger partial charge in [-0.3, -0.25) is 29.1 Å². The Morgan fingerprint density at radius 3 is 1.91 bits per heavy atom. The first-order valence-electron chi connectivity index (χ1n) is 6.48. The number of hydrogen-bond acceptors (Lipinski definition) is 7. The lowest BCUT2D eigenvalue weighted by Crippen LogP contribution is -2.36. The van der Waals surface area contributed by atoms with Crippen molar-refractivity contribution < 1.29 is 28.7 Å². The topological polar surface area (TPSA) is 103 Å². The number of aromatic nitrogens is 1. The molecule has 2 amide bonds. The molecule has 0 spiro atoms. The fraction of sp³-hybridized carbons (Fsp3) is 0.357. The van der Waals surface area contributed by atoms with E-state index in [0.717, 1.165) is 18.7 Å². The lowest BCUT2D eigenvalue weighted by atomic mass is 10.2. The van der Waals surface area contributed by atoms with E-state index in [2.05, 4.69) is 4.98 Å². The zero-order valence-electron chi connectivity index (χ0n) is 12.0. The maximum Gasteiger partial charge on any atom is 0.303 e. The van der Waals surface area contributed by atoms with Gasteiger partial charge in [0.2, 0.25) is 12.2 Å². The lowest BCUT2D eigenvalue weighted by molar-refractivity contribution is -0.167. The van der Waals surface area contributed by atoms with Crippen molar-refractivity contribution in [2.45, 2.75) is 32.6 Å². The third-order valence-electron chi connectivity index (χ3n) is 2.97. The quantitative estimate of drug-likeness (QED) is 0.561. The Bertz CT molecular complexity index is 581. The number of nitrogens with zero attached hydrogens (tertiary/aromatic N) is 2. The summed E-state index contributed by atoms with van der Waals surface area (Å²) >= 11 is 0. The van der Waals surface area contributed by atoms with Gasteiger partial charge >= 0.3 is 11.9 Å².